The van der Waals surface area contributed by atoms with Crippen molar-refractivity contribution in [3.63, 3.8) is 0 Å². The Balaban J connectivity index is 1.38. The molecule has 0 spiro atoms. The van der Waals surface area contributed by atoms with Gasteiger partial charge in [0.15, 0.2) is 0 Å². The van der Waals surface area contributed by atoms with Gasteiger partial charge in [0.05, 0.1) is 0 Å². The molecule has 0 unspecified atom stereocenters. The van der Waals surface area contributed by atoms with Crippen LogP contribution in [0, 0.1) is 5.92 Å². The van der Waals surface area contributed by atoms with E-state index in [0.29, 0.717) is 44.0 Å². The fourth-order valence-corrected chi connectivity index (χ4v) is 3.38. The zero-order valence-corrected chi connectivity index (χ0v) is 18.7. The summed E-state index contributed by atoms with van der Waals surface area (Å²) in [5.74, 6) is 0.519. The van der Waals surface area contributed by atoms with Crippen LogP contribution < -0.4 is 16.0 Å². The summed E-state index contributed by atoms with van der Waals surface area (Å²) < 4.78 is 5.40. The van der Waals surface area contributed by atoms with Crippen molar-refractivity contribution < 1.29 is 19.1 Å². The minimum absolute atomic E-state index is 0.0303. The van der Waals surface area contributed by atoms with Crippen LogP contribution in [-0.2, 0) is 11.3 Å². The molecule has 31 heavy (non-hydrogen) atoms. The molecule has 2 aliphatic rings. The first-order chi connectivity index (χ1) is 14.7. The lowest BCUT2D eigenvalue weighted by molar-refractivity contribution is 0.0199. The van der Waals surface area contributed by atoms with Crippen LogP contribution in [0.25, 0.3) is 0 Å². The summed E-state index contributed by atoms with van der Waals surface area (Å²) >= 11 is 0. The maximum absolute atomic E-state index is 12.6. The number of nitrogens with zero attached hydrogens (tertiary/aromatic N) is 1. The second-order valence-electron chi connectivity index (χ2n) is 9.42. The fourth-order valence-electron chi connectivity index (χ4n) is 3.38. The SMILES string of the molecule is CC(C)(C)OC(=O)N1CCC(NC(=O)c2ccc(CNC(=O)NCC3CC3)cc2)CC1. The zero-order chi connectivity index (χ0) is 22.4. The van der Waals surface area contributed by atoms with E-state index in [9.17, 15) is 14.4 Å². The molecule has 1 aromatic carbocycles. The summed E-state index contributed by atoms with van der Waals surface area (Å²) in [4.78, 5) is 38.1. The average Bonchev–Trinajstić information content (AvgIpc) is 3.55. The normalized spacial score (nSPS) is 17.1. The van der Waals surface area contributed by atoms with Crippen LogP contribution in [0.3, 0.4) is 0 Å². The molecular formula is C23H34N4O4. The zero-order valence-electron chi connectivity index (χ0n) is 18.7. The number of piperidine rings is 1. The number of amides is 4. The molecule has 2 fully saturated rings. The van der Waals surface area contributed by atoms with E-state index in [1.165, 1.54) is 12.8 Å². The van der Waals surface area contributed by atoms with Crippen LogP contribution >= 0.6 is 0 Å². The van der Waals surface area contributed by atoms with Crippen molar-refractivity contribution in [1.29, 1.82) is 0 Å². The number of urea groups is 1. The van der Waals surface area contributed by atoms with Crippen molar-refractivity contribution in [2.45, 2.75) is 64.6 Å². The van der Waals surface area contributed by atoms with Gasteiger partial charge in [-0.05, 0) is 70.1 Å². The van der Waals surface area contributed by atoms with Crippen molar-refractivity contribution in [3.05, 3.63) is 35.4 Å². The highest BCUT2D eigenvalue weighted by Gasteiger charge is 2.27. The molecule has 0 radical (unpaired) electrons. The Morgan fingerprint density at radius 1 is 1.00 bits per heavy atom. The van der Waals surface area contributed by atoms with Crippen LogP contribution in [0.4, 0.5) is 9.59 Å². The number of ether oxygens (including phenoxy) is 1. The van der Waals surface area contributed by atoms with Gasteiger partial charge < -0.3 is 25.6 Å². The third-order valence-corrected chi connectivity index (χ3v) is 5.40. The van der Waals surface area contributed by atoms with E-state index in [2.05, 4.69) is 16.0 Å². The Morgan fingerprint density at radius 3 is 2.23 bits per heavy atom. The lowest BCUT2D eigenvalue weighted by atomic mass is 10.0. The number of rotatable bonds is 6. The summed E-state index contributed by atoms with van der Waals surface area (Å²) in [6.07, 6.45) is 3.49. The van der Waals surface area contributed by atoms with Gasteiger partial charge >= 0.3 is 12.1 Å². The van der Waals surface area contributed by atoms with E-state index in [0.717, 1.165) is 12.1 Å². The van der Waals surface area contributed by atoms with Crippen LogP contribution in [-0.4, -0.2) is 54.2 Å². The molecule has 1 aliphatic heterocycles. The van der Waals surface area contributed by atoms with Gasteiger partial charge in [0.1, 0.15) is 5.60 Å². The maximum Gasteiger partial charge on any atom is 0.410 e. The highest BCUT2D eigenvalue weighted by molar-refractivity contribution is 5.94. The van der Waals surface area contributed by atoms with Crippen LogP contribution in [0.1, 0.15) is 62.4 Å². The summed E-state index contributed by atoms with van der Waals surface area (Å²) in [6.45, 7) is 7.83. The first kappa shape index (κ1) is 22.9. The number of hydrogen-bond acceptors (Lipinski definition) is 4. The highest BCUT2D eigenvalue weighted by atomic mass is 16.6. The fraction of sp³-hybridized carbons (Fsp3) is 0.609. The molecule has 0 bridgehead atoms. The number of likely N-dealkylation sites (tertiary alicyclic amines) is 1. The van der Waals surface area contributed by atoms with Gasteiger partial charge in [0.2, 0.25) is 0 Å². The van der Waals surface area contributed by atoms with E-state index in [1.54, 1.807) is 17.0 Å². The molecule has 1 saturated heterocycles. The first-order valence-corrected chi connectivity index (χ1v) is 11.1. The van der Waals surface area contributed by atoms with Crippen molar-refractivity contribution in [1.82, 2.24) is 20.9 Å². The second-order valence-corrected chi connectivity index (χ2v) is 9.42. The highest BCUT2D eigenvalue weighted by Crippen LogP contribution is 2.27. The average molecular weight is 431 g/mol. The van der Waals surface area contributed by atoms with Crippen molar-refractivity contribution >= 4 is 18.0 Å². The molecule has 4 amide bonds. The third-order valence-electron chi connectivity index (χ3n) is 5.40. The van der Waals surface area contributed by atoms with Crippen LogP contribution in [0.2, 0.25) is 0 Å². The first-order valence-electron chi connectivity index (χ1n) is 11.1. The van der Waals surface area contributed by atoms with Gasteiger partial charge in [0, 0.05) is 37.8 Å². The number of carbonyl (C=O) groups is 3. The predicted octanol–water partition coefficient (Wildman–Crippen LogP) is 3.03. The summed E-state index contributed by atoms with van der Waals surface area (Å²) in [7, 11) is 0. The minimum atomic E-state index is -0.510. The number of nitrogens with one attached hydrogen (secondary N) is 3. The van der Waals surface area contributed by atoms with Gasteiger partial charge in [-0.25, -0.2) is 9.59 Å². The van der Waals surface area contributed by atoms with Gasteiger partial charge in [-0.2, -0.15) is 0 Å². The maximum atomic E-state index is 12.6. The Kier molecular flexibility index (Phi) is 7.41. The molecule has 1 saturated carbocycles. The molecule has 0 atom stereocenters. The lowest BCUT2D eigenvalue weighted by Crippen LogP contribution is -2.47. The van der Waals surface area contributed by atoms with Crippen molar-refractivity contribution in [2.75, 3.05) is 19.6 Å². The Bertz CT molecular complexity index is 776. The monoisotopic (exact) mass is 430 g/mol. The number of carbonyl (C=O) groups excluding carboxylic acids is 3. The van der Waals surface area contributed by atoms with Gasteiger partial charge in [-0.1, -0.05) is 12.1 Å². The summed E-state index contributed by atoms with van der Waals surface area (Å²) in [5, 5.41) is 8.74. The molecule has 1 heterocycles. The number of benzene rings is 1. The molecule has 1 aliphatic carbocycles. The third kappa shape index (κ3) is 7.77. The molecule has 1 aromatic rings. The molecule has 8 nitrogen and oxygen atoms in total. The standard InChI is InChI=1S/C23H34N4O4/c1-23(2,3)31-22(30)27-12-10-19(11-13-27)26-20(28)18-8-6-17(7-9-18)15-25-21(29)24-14-16-4-5-16/h6-9,16,19H,4-5,10-15H2,1-3H3,(H,26,28)(H2,24,25,29). The quantitative estimate of drug-likeness (QED) is 0.646. The predicted molar refractivity (Wildman–Crippen MR) is 118 cm³/mol. The lowest BCUT2D eigenvalue weighted by Gasteiger charge is -2.33. The van der Waals surface area contributed by atoms with Gasteiger partial charge in [0.25, 0.3) is 5.91 Å². The Labute approximate surface area is 184 Å². The van der Waals surface area contributed by atoms with E-state index < -0.39 is 5.60 Å². The summed E-state index contributed by atoms with van der Waals surface area (Å²) in [6, 6.07) is 7.10. The largest absolute Gasteiger partial charge is 0.444 e. The number of hydrogen-bond donors (Lipinski definition) is 3. The van der Waals surface area contributed by atoms with E-state index in [-0.39, 0.29) is 24.1 Å². The van der Waals surface area contributed by atoms with Crippen LogP contribution in [0.15, 0.2) is 24.3 Å². The van der Waals surface area contributed by atoms with E-state index in [4.69, 9.17) is 4.74 Å². The van der Waals surface area contributed by atoms with Crippen molar-refractivity contribution in [2.24, 2.45) is 5.92 Å². The molecule has 3 rings (SSSR count). The smallest absolute Gasteiger partial charge is 0.410 e. The van der Waals surface area contributed by atoms with Crippen molar-refractivity contribution in [3.8, 4) is 0 Å². The van der Waals surface area contributed by atoms with Gasteiger partial charge in [-0.3, -0.25) is 4.79 Å². The van der Waals surface area contributed by atoms with Crippen LogP contribution in [0.5, 0.6) is 0 Å². The molecule has 8 heteroatoms. The Hall–Kier alpha value is -2.77. The van der Waals surface area contributed by atoms with E-state index in [1.807, 2.05) is 32.9 Å². The topological polar surface area (TPSA) is 99.8 Å². The minimum Gasteiger partial charge on any atom is -0.444 e. The van der Waals surface area contributed by atoms with Gasteiger partial charge in [-0.15, -0.1) is 0 Å². The molecule has 3 N–H and O–H groups in total. The Morgan fingerprint density at radius 2 is 1.65 bits per heavy atom. The molecular weight excluding hydrogens is 396 g/mol. The second kappa shape index (κ2) is 10.0. The van der Waals surface area contributed by atoms with E-state index >= 15 is 0 Å². The molecule has 170 valence electrons. The summed E-state index contributed by atoms with van der Waals surface area (Å²) in [5.41, 5.74) is 1.00. The molecule has 0 aromatic heterocycles.